The molecule has 3 aromatic rings. The summed E-state index contributed by atoms with van der Waals surface area (Å²) in [5.41, 5.74) is 2.49. The number of benzene rings is 2. The lowest BCUT2D eigenvalue weighted by molar-refractivity contribution is -0.135. The van der Waals surface area contributed by atoms with Gasteiger partial charge in [0, 0.05) is 30.8 Å². The molecule has 0 atom stereocenters. The van der Waals surface area contributed by atoms with Crippen LogP contribution in [0.15, 0.2) is 60.8 Å². The van der Waals surface area contributed by atoms with Gasteiger partial charge in [-0.15, -0.1) is 0 Å². The topological polar surface area (TPSA) is 76.5 Å². The van der Waals surface area contributed by atoms with Crippen LogP contribution in [0.3, 0.4) is 0 Å². The van der Waals surface area contributed by atoms with Crippen LogP contribution in [-0.2, 0) is 9.59 Å². The van der Waals surface area contributed by atoms with Crippen molar-refractivity contribution in [1.29, 1.82) is 0 Å². The number of nitrogens with one attached hydrogen (secondary N) is 1. The monoisotopic (exact) mass is 476 g/mol. The number of ether oxygens (including phenoxy) is 1. The first kappa shape index (κ1) is 26.0. The Morgan fingerprint density at radius 1 is 1.03 bits per heavy atom. The Kier molecular flexibility index (Phi) is 9.06. The summed E-state index contributed by atoms with van der Waals surface area (Å²) < 4.78 is 7.50. The quantitative estimate of drug-likeness (QED) is 0.402. The van der Waals surface area contributed by atoms with Crippen molar-refractivity contribution in [2.45, 2.75) is 41.0 Å². The number of nitrogens with zero attached hydrogens (tertiary/aromatic N) is 3. The van der Waals surface area contributed by atoms with Gasteiger partial charge in [-0.1, -0.05) is 64.1 Å². The standard InChI is InChI=1S/C28H36N4O3/c1-6-35-24-14-10-13-23(16-24)32-18-25(22-11-8-7-9-12-22)29-28(32)30-26(33)19-31(17-21(4)5)27(34)15-20(2)3/h7-14,16,18,20-21H,6,15,17,19H2,1-5H3,(H,29,30,33). The molecule has 0 bridgehead atoms. The molecule has 0 spiro atoms. The third kappa shape index (κ3) is 7.44. The van der Waals surface area contributed by atoms with Gasteiger partial charge in [-0.3, -0.25) is 19.5 Å². The zero-order valence-corrected chi connectivity index (χ0v) is 21.3. The van der Waals surface area contributed by atoms with Crippen molar-refractivity contribution < 1.29 is 14.3 Å². The predicted molar refractivity (Wildman–Crippen MR) is 140 cm³/mol. The van der Waals surface area contributed by atoms with Crippen molar-refractivity contribution in [2.24, 2.45) is 11.8 Å². The zero-order chi connectivity index (χ0) is 25.4. The van der Waals surface area contributed by atoms with Crippen molar-refractivity contribution in [3.05, 3.63) is 60.8 Å². The van der Waals surface area contributed by atoms with Gasteiger partial charge < -0.3 is 9.64 Å². The van der Waals surface area contributed by atoms with E-state index in [2.05, 4.69) is 5.32 Å². The molecule has 2 aromatic carbocycles. The van der Waals surface area contributed by atoms with Crippen LogP contribution in [-0.4, -0.2) is 46.0 Å². The first-order valence-corrected chi connectivity index (χ1v) is 12.2. The van der Waals surface area contributed by atoms with E-state index in [1.54, 1.807) is 4.90 Å². The largest absolute Gasteiger partial charge is 0.494 e. The average Bonchev–Trinajstić information content (AvgIpc) is 3.22. The number of anilines is 1. The molecule has 1 heterocycles. The Morgan fingerprint density at radius 2 is 1.77 bits per heavy atom. The van der Waals surface area contributed by atoms with E-state index in [-0.39, 0.29) is 30.2 Å². The molecule has 0 saturated heterocycles. The highest BCUT2D eigenvalue weighted by atomic mass is 16.5. The van der Waals surface area contributed by atoms with E-state index >= 15 is 0 Å². The number of aromatic nitrogens is 2. The normalized spacial score (nSPS) is 11.1. The van der Waals surface area contributed by atoms with Gasteiger partial charge in [0.1, 0.15) is 5.75 Å². The number of hydrogen-bond acceptors (Lipinski definition) is 4. The van der Waals surface area contributed by atoms with Crippen LogP contribution in [0.5, 0.6) is 5.75 Å². The van der Waals surface area contributed by atoms with Crippen LogP contribution in [0.1, 0.15) is 41.0 Å². The Labute approximate surface area is 208 Å². The fraction of sp³-hybridized carbons (Fsp3) is 0.393. The maximum Gasteiger partial charge on any atom is 0.246 e. The van der Waals surface area contributed by atoms with Gasteiger partial charge in [0.2, 0.25) is 17.8 Å². The minimum atomic E-state index is -0.282. The average molecular weight is 477 g/mol. The summed E-state index contributed by atoms with van der Waals surface area (Å²) in [6.07, 6.45) is 2.31. The molecule has 0 saturated carbocycles. The molecule has 0 unspecified atom stereocenters. The molecule has 35 heavy (non-hydrogen) atoms. The summed E-state index contributed by atoms with van der Waals surface area (Å²) in [4.78, 5) is 32.2. The molecule has 0 aliphatic heterocycles. The van der Waals surface area contributed by atoms with Crippen molar-refractivity contribution in [3.8, 4) is 22.7 Å². The number of rotatable bonds is 11. The maximum atomic E-state index is 13.1. The van der Waals surface area contributed by atoms with Gasteiger partial charge in [-0.25, -0.2) is 4.98 Å². The molecule has 1 N–H and O–H groups in total. The lowest BCUT2D eigenvalue weighted by Crippen LogP contribution is -2.40. The highest BCUT2D eigenvalue weighted by Crippen LogP contribution is 2.26. The van der Waals surface area contributed by atoms with E-state index in [1.165, 1.54) is 0 Å². The summed E-state index contributed by atoms with van der Waals surface area (Å²) in [7, 11) is 0. The van der Waals surface area contributed by atoms with E-state index in [1.807, 2.05) is 100.0 Å². The highest BCUT2D eigenvalue weighted by molar-refractivity contribution is 5.94. The molecule has 1 aromatic heterocycles. The number of carbonyl (C=O) groups excluding carboxylic acids is 2. The third-order valence-electron chi connectivity index (χ3n) is 5.29. The molecule has 0 aliphatic rings. The first-order chi connectivity index (χ1) is 16.8. The second kappa shape index (κ2) is 12.2. The second-order valence-electron chi connectivity index (χ2n) is 9.43. The molecule has 2 amide bonds. The van der Waals surface area contributed by atoms with E-state index < -0.39 is 0 Å². The summed E-state index contributed by atoms with van der Waals surface area (Å²) in [6, 6.07) is 17.4. The van der Waals surface area contributed by atoms with Gasteiger partial charge in [0.05, 0.1) is 24.5 Å². The Bertz CT molecular complexity index is 1120. The van der Waals surface area contributed by atoms with Gasteiger partial charge in [0.15, 0.2) is 0 Å². The van der Waals surface area contributed by atoms with Gasteiger partial charge >= 0.3 is 0 Å². The Hall–Kier alpha value is -3.61. The highest BCUT2D eigenvalue weighted by Gasteiger charge is 2.21. The Balaban J connectivity index is 1.90. The van der Waals surface area contributed by atoms with E-state index in [0.717, 1.165) is 22.7 Å². The van der Waals surface area contributed by atoms with Crippen LogP contribution >= 0.6 is 0 Å². The van der Waals surface area contributed by atoms with E-state index in [4.69, 9.17) is 9.72 Å². The van der Waals surface area contributed by atoms with Crippen LogP contribution < -0.4 is 10.1 Å². The molecular formula is C28H36N4O3. The van der Waals surface area contributed by atoms with Gasteiger partial charge in [-0.05, 0) is 30.9 Å². The number of amides is 2. The molecule has 3 rings (SSSR count). The number of imidazole rings is 1. The smallest absolute Gasteiger partial charge is 0.246 e. The molecule has 186 valence electrons. The number of carbonyl (C=O) groups is 2. The molecule has 7 heteroatoms. The summed E-state index contributed by atoms with van der Waals surface area (Å²) in [5, 5.41) is 2.94. The lowest BCUT2D eigenvalue weighted by Gasteiger charge is -2.25. The van der Waals surface area contributed by atoms with Crippen molar-refractivity contribution >= 4 is 17.8 Å². The van der Waals surface area contributed by atoms with Crippen molar-refractivity contribution in [1.82, 2.24) is 14.5 Å². The Morgan fingerprint density at radius 3 is 2.43 bits per heavy atom. The fourth-order valence-corrected chi connectivity index (χ4v) is 3.81. The van der Waals surface area contributed by atoms with Crippen LogP contribution in [0.25, 0.3) is 16.9 Å². The summed E-state index contributed by atoms with van der Waals surface area (Å²) in [6.45, 7) is 11.1. The van der Waals surface area contributed by atoms with Crippen molar-refractivity contribution in [2.75, 3.05) is 25.0 Å². The minimum Gasteiger partial charge on any atom is -0.494 e. The number of hydrogen-bond donors (Lipinski definition) is 1. The fourth-order valence-electron chi connectivity index (χ4n) is 3.81. The minimum absolute atomic E-state index is 0.0124. The van der Waals surface area contributed by atoms with Gasteiger partial charge in [0.25, 0.3) is 0 Å². The summed E-state index contributed by atoms with van der Waals surface area (Å²) >= 11 is 0. The lowest BCUT2D eigenvalue weighted by atomic mass is 10.1. The van der Waals surface area contributed by atoms with Crippen LogP contribution in [0.2, 0.25) is 0 Å². The second-order valence-corrected chi connectivity index (χ2v) is 9.43. The molecule has 7 nitrogen and oxygen atoms in total. The SMILES string of the molecule is CCOc1cccc(-n2cc(-c3ccccc3)nc2NC(=O)CN(CC(C)C)C(=O)CC(C)C)c1. The molecule has 0 aliphatic carbocycles. The first-order valence-electron chi connectivity index (χ1n) is 12.2. The third-order valence-corrected chi connectivity index (χ3v) is 5.29. The van der Waals surface area contributed by atoms with Crippen LogP contribution in [0, 0.1) is 11.8 Å². The van der Waals surface area contributed by atoms with E-state index in [9.17, 15) is 9.59 Å². The van der Waals surface area contributed by atoms with Crippen molar-refractivity contribution in [3.63, 3.8) is 0 Å². The molecule has 0 radical (unpaired) electrons. The summed E-state index contributed by atoms with van der Waals surface area (Å²) in [5.74, 6) is 1.32. The van der Waals surface area contributed by atoms with Crippen LogP contribution in [0.4, 0.5) is 5.95 Å². The van der Waals surface area contributed by atoms with E-state index in [0.29, 0.717) is 25.5 Å². The molecular weight excluding hydrogens is 440 g/mol. The maximum absolute atomic E-state index is 13.1. The molecule has 0 fully saturated rings. The zero-order valence-electron chi connectivity index (χ0n) is 21.3. The van der Waals surface area contributed by atoms with Gasteiger partial charge in [-0.2, -0.15) is 0 Å². The predicted octanol–water partition coefficient (Wildman–Crippen LogP) is 5.41.